The van der Waals surface area contributed by atoms with Crippen molar-refractivity contribution in [1.29, 1.82) is 0 Å². The number of carbonyl (C=O) groups is 2. The van der Waals surface area contributed by atoms with Crippen LogP contribution < -0.4 is 0 Å². The summed E-state index contributed by atoms with van der Waals surface area (Å²) < 4.78 is 4.88. The highest BCUT2D eigenvalue weighted by Gasteiger charge is 2.12. The van der Waals surface area contributed by atoms with Crippen molar-refractivity contribution >= 4 is 11.9 Å². The molecule has 0 heterocycles. The summed E-state index contributed by atoms with van der Waals surface area (Å²) in [6, 6.07) is 11.1. The molecule has 0 saturated heterocycles. The fourth-order valence-corrected chi connectivity index (χ4v) is 2.70. The van der Waals surface area contributed by atoms with Gasteiger partial charge in [0.05, 0.1) is 6.26 Å². The number of hydrogen-bond acceptors (Lipinski definition) is 5. The molecule has 2 aromatic carbocycles. The lowest BCUT2D eigenvalue weighted by Crippen LogP contribution is -2.00. The summed E-state index contributed by atoms with van der Waals surface area (Å²) >= 11 is 0. The standard InChI is InChI=1S/2C13H16O3/c1-2-3-4-7-10-16-13(15)11-8-5-6-9-12(11)14;1-2-3-4-5-7-10-8-6-9-11(12(10)14)13(15)16/h5-10,14H,2-4H2,1H3;3-4,6,8-9,14H,2,5,7H2,1H3,(H,15,16)/b;4-3-. The highest BCUT2D eigenvalue weighted by atomic mass is 16.5. The second-order valence-electron chi connectivity index (χ2n) is 6.97. The van der Waals surface area contributed by atoms with Gasteiger partial charge in [0.1, 0.15) is 22.6 Å². The summed E-state index contributed by atoms with van der Waals surface area (Å²) in [5, 5.41) is 27.9. The summed E-state index contributed by atoms with van der Waals surface area (Å²) in [6.45, 7) is 4.15. The van der Waals surface area contributed by atoms with Crippen molar-refractivity contribution in [2.45, 2.75) is 52.4 Å². The molecule has 0 fully saturated rings. The number of rotatable bonds is 10. The van der Waals surface area contributed by atoms with Gasteiger partial charge in [0, 0.05) is 0 Å². The number of unbranched alkanes of at least 4 members (excludes halogenated alkanes) is 2. The van der Waals surface area contributed by atoms with Gasteiger partial charge in [-0.3, -0.25) is 0 Å². The zero-order chi connectivity index (χ0) is 23.8. The first kappa shape index (κ1) is 26.5. The Hall–Kier alpha value is -3.54. The van der Waals surface area contributed by atoms with Crippen LogP contribution >= 0.6 is 0 Å². The number of aromatic hydroxyl groups is 2. The molecule has 0 amide bonds. The maximum Gasteiger partial charge on any atom is 0.346 e. The molecule has 0 radical (unpaired) electrons. The summed E-state index contributed by atoms with van der Waals surface area (Å²) in [5.74, 6) is -1.80. The molecular formula is C26H32O6. The van der Waals surface area contributed by atoms with E-state index < -0.39 is 11.9 Å². The Morgan fingerprint density at radius 2 is 1.62 bits per heavy atom. The second-order valence-corrected chi connectivity index (χ2v) is 6.97. The zero-order valence-electron chi connectivity index (χ0n) is 18.7. The van der Waals surface area contributed by atoms with Gasteiger partial charge in [0.15, 0.2) is 0 Å². The number of phenolic OH excluding ortho intramolecular Hbond substituents is 1. The predicted octanol–water partition coefficient (Wildman–Crippen LogP) is 6.24. The van der Waals surface area contributed by atoms with Crippen LogP contribution in [0.15, 0.2) is 67.0 Å². The van der Waals surface area contributed by atoms with Gasteiger partial charge in [-0.2, -0.15) is 0 Å². The molecule has 0 atom stereocenters. The van der Waals surface area contributed by atoms with Crippen molar-refractivity contribution < 1.29 is 29.6 Å². The maximum absolute atomic E-state index is 11.5. The van der Waals surface area contributed by atoms with E-state index in [-0.39, 0.29) is 22.6 Å². The highest BCUT2D eigenvalue weighted by molar-refractivity contribution is 5.92. The minimum absolute atomic E-state index is 0.0306. The molecule has 0 spiro atoms. The van der Waals surface area contributed by atoms with Crippen LogP contribution in [0.25, 0.3) is 0 Å². The minimum atomic E-state index is -1.09. The van der Waals surface area contributed by atoms with E-state index in [4.69, 9.17) is 9.84 Å². The summed E-state index contributed by atoms with van der Waals surface area (Å²) in [5.41, 5.74) is 0.834. The highest BCUT2D eigenvalue weighted by Crippen LogP contribution is 2.23. The van der Waals surface area contributed by atoms with E-state index in [1.54, 1.807) is 30.3 Å². The first-order valence-electron chi connectivity index (χ1n) is 10.7. The summed E-state index contributed by atoms with van der Waals surface area (Å²) in [6.07, 6.45) is 12.8. The number of carboxylic acid groups (broad SMARTS) is 1. The molecule has 3 N–H and O–H groups in total. The molecule has 6 nitrogen and oxygen atoms in total. The van der Waals surface area contributed by atoms with Crippen molar-refractivity contribution in [3.05, 3.63) is 83.6 Å². The zero-order valence-corrected chi connectivity index (χ0v) is 18.7. The number of allylic oxidation sites excluding steroid dienone is 3. The van der Waals surface area contributed by atoms with E-state index in [9.17, 15) is 19.8 Å². The van der Waals surface area contributed by atoms with E-state index in [0.29, 0.717) is 12.0 Å². The minimum Gasteiger partial charge on any atom is -0.507 e. The fraction of sp³-hybridized carbons (Fsp3) is 0.308. The van der Waals surface area contributed by atoms with Crippen LogP contribution in [0.4, 0.5) is 0 Å². The predicted molar refractivity (Wildman–Crippen MR) is 125 cm³/mol. The van der Waals surface area contributed by atoms with Gasteiger partial charge in [-0.15, -0.1) is 0 Å². The Kier molecular flexibility index (Phi) is 12.7. The normalized spacial score (nSPS) is 10.7. The fourth-order valence-electron chi connectivity index (χ4n) is 2.70. The molecular weight excluding hydrogens is 408 g/mol. The van der Waals surface area contributed by atoms with E-state index in [0.717, 1.165) is 32.1 Å². The third-order valence-electron chi connectivity index (χ3n) is 4.45. The summed E-state index contributed by atoms with van der Waals surface area (Å²) in [7, 11) is 0. The third kappa shape index (κ3) is 9.51. The maximum atomic E-state index is 11.5. The summed E-state index contributed by atoms with van der Waals surface area (Å²) in [4.78, 5) is 22.2. The number of benzene rings is 2. The molecule has 172 valence electrons. The van der Waals surface area contributed by atoms with Crippen molar-refractivity contribution in [3.63, 3.8) is 0 Å². The van der Waals surface area contributed by atoms with Crippen LogP contribution in [0.5, 0.6) is 11.5 Å². The van der Waals surface area contributed by atoms with Gasteiger partial charge in [-0.25, -0.2) is 9.59 Å². The number of aromatic carboxylic acids is 1. The van der Waals surface area contributed by atoms with Gasteiger partial charge < -0.3 is 20.1 Å². The van der Waals surface area contributed by atoms with Gasteiger partial charge in [0.25, 0.3) is 0 Å². The van der Waals surface area contributed by atoms with Crippen molar-refractivity contribution in [3.8, 4) is 11.5 Å². The Morgan fingerprint density at radius 3 is 2.28 bits per heavy atom. The van der Waals surface area contributed by atoms with Crippen LogP contribution in [-0.2, 0) is 11.2 Å². The van der Waals surface area contributed by atoms with E-state index in [1.165, 1.54) is 24.5 Å². The molecule has 6 heteroatoms. The Balaban J connectivity index is 0.000000320. The Morgan fingerprint density at radius 1 is 0.906 bits per heavy atom. The smallest absolute Gasteiger partial charge is 0.346 e. The molecule has 32 heavy (non-hydrogen) atoms. The first-order chi connectivity index (χ1) is 15.4. The van der Waals surface area contributed by atoms with Crippen molar-refractivity contribution in [2.75, 3.05) is 0 Å². The molecule has 0 aliphatic rings. The van der Waals surface area contributed by atoms with Gasteiger partial charge in [0.2, 0.25) is 0 Å². The molecule has 2 rings (SSSR count). The lowest BCUT2D eigenvalue weighted by Gasteiger charge is -2.05. The quantitative estimate of drug-likeness (QED) is 0.175. The SMILES string of the molecule is CC/C=C\CCc1cccc(C(=O)O)c1O.CCCCC=COC(=O)c1ccccc1O. The van der Waals surface area contributed by atoms with Crippen LogP contribution in [0.3, 0.4) is 0 Å². The number of aryl methyl sites for hydroxylation is 1. The Labute approximate surface area is 189 Å². The molecule has 2 aromatic rings. The lowest BCUT2D eigenvalue weighted by atomic mass is 10.0. The monoisotopic (exact) mass is 440 g/mol. The van der Waals surface area contributed by atoms with Crippen LogP contribution in [0.2, 0.25) is 0 Å². The van der Waals surface area contributed by atoms with Crippen LogP contribution in [-0.4, -0.2) is 27.3 Å². The van der Waals surface area contributed by atoms with E-state index in [2.05, 4.69) is 19.9 Å². The van der Waals surface area contributed by atoms with Gasteiger partial charge in [-0.05, 0) is 61.9 Å². The van der Waals surface area contributed by atoms with E-state index >= 15 is 0 Å². The number of hydrogen-bond donors (Lipinski definition) is 3. The van der Waals surface area contributed by atoms with E-state index in [1.807, 2.05) is 6.08 Å². The molecule has 0 unspecified atom stereocenters. The Bertz CT molecular complexity index is 914. The third-order valence-corrected chi connectivity index (χ3v) is 4.45. The van der Waals surface area contributed by atoms with Gasteiger partial charge in [-0.1, -0.05) is 56.7 Å². The van der Waals surface area contributed by atoms with Crippen LogP contribution in [0, 0.1) is 0 Å². The first-order valence-corrected chi connectivity index (χ1v) is 10.7. The van der Waals surface area contributed by atoms with Crippen LogP contribution in [0.1, 0.15) is 72.2 Å². The topological polar surface area (TPSA) is 104 Å². The molecule has 0 bridgehead atoms. The lowest BCUT2D eigenvalue weighted by molar-refractivity contribution is 0.0656. The molecule has 0 aliphatic carbocycles. The van der Waals surface area contributed by atoms with Crippen molar-refractivity contribution in [2.24, 2.45) is 0 Å². The average molecular weight is 441 g/mol. The number of phenols is 2. The number of ether oxygens (including phenoxy) is 1. The largest absolute Gasteiger partial charge is 0.507 e. The van der Waals surface area contributed by atoms with Gasteiger partial charge >= 0.3 is 11.9 Å². The number of esters is 1. The molecule has 0 saturated carbocycles. The van der Waals surface area contributed by atoms with Crippen molar-refractivity contribution in [1.82, 2.24) is 0 Å². The molecule has 0 aliphatic heterocycles. The number of para-hydroxylation sites is 2. The second kappa shape index (κ2) is 15.3. The molecule has 0 aromatic heterocycles. The number of carbonyl (C=O) groups excluding carboxylic acids is 1. The average Bonchev–Trinajstić information content (AvgIpc) is 2.78. The number of carboxylic acids is 1.